The number of hydrogen-bond acceptors (Lipinski definition) is 6. The van der Waals surface area contributed by atoms with Crippen LogP contribution in [-0.4, -0.2) is 26.5 Å². The van der Waals surface area contributed by atoms with Crippen LogP contribution in [0.15, 0.2) is 49.2 Å². The molecule has 2 aromatic heterocycles. The molecule has 0 atom stereocenters. The summed E-state index contributed by atoms with van der Waals surface area (Å²) in [5.41, 5.74) is 2.12. The largest absolute Gasteiger partial charge is 0.454 e. The Labute approximate surface area is 132 Å². The molecule has 0 saturated heterocycles. The van der Waals surface area contributed by atoms with Crippen molar-refractivity contribution in [3.63, 3.8) is 0 Å². The van der Waals surface area contributed by atoms with Gasteiger partial charge in [-0.3, -0.25) is 0 Å². The van der Waals surface area contributed by atoms with Gasteiger partial charge in [-0.1, -0.05) is 18.2 Å². The highest BCUT2D eigenvalue weighted by atomic mass is 16.7. The van der Waals surface area contributed by atoms with Gasteiger partial charge in [0.15, 0.2) is 17.3 Å². The van der Waals surface area contributed by atoms with Gasteiger partial charge >= 0.3 is 0 Å². The first-order valence-corrected chi connectivity index (χ1v) is 7.29. The number of para-hydroxylation sites is 1. The fourth-order valence-corrected chi connectivity index (χ4v) is 2.55. The Morgan fingerprint density at radius 1 is 1.09 bits per heavy atom. The van der Waals surface area contributed by atoms with Gasteiger partial charge in [0.2, 0.25) is 6.79 Å². The first-order chi connectivity index (χ1) is 11.4. The monoisotopic (exact) mass is 309 g/mol. The van der Waals surface area contributed by atoms with Crippen molar-refractivity contribution < 1.29 is 9.47 Å². The molecule has 0 fully saturated rings. The molecule has 1 aliphatic heterocycles. The highest BCUT2D eigenvalue weighted by Gasteiger charge is 2.16. The Bertz CT molecular complexity index is 804. The van der Waals surface area contributed by atoms with Gasteiger partial charge in [0.25, 0.3) is 0 Å². The van der Waals surface area contributed by atoms with Gasteiger partial charge in [-0.25, -0.2) is 14.6 Å². The van der Waals surface area contributed by atoms with Crippen LogP contribution in [0.1, 0.15) is 11.1 Å². The minimum Gasteiger partial charge on any atom is -0.454 e. The van der Waals surface area contributed by atoms with Crippen molar-refractivity contribution in [1.82, 2.24) is 25.1 Å². The maximum Gasteiger partial charge on any atom is 0.231 e. The molecule has 3 heterocycles. The second kappa shape index (κ2) is 6.05. The topological polar surface area (TPSA) is 74.1 Å². The van der Waals surface area contributed by atoms with Crippen molar-refractivity contribution >= 4 is 0 Å². The average molecular weight is 309 g/mol. The van der Waals surface area contributed by atoms with Gasteiger partial charge in [-0.15, -0.1) is 0 Å². The SMILES string of the molecule is c1cnc(-n2cncn2)c(CNCc2cccc3c2OCO3)c1. The first kappa shape index (κ1) is 13.7. The predicted molar refractivity (Wildman–Crippen MR) is 82.3 cm³/mol. The van der Waals surface area contributed by atoms with E-state index in [0.29, 0.717) is 13.1 Å². The van der Waals surface area contributed by atoms with E-state index in [0.717, 1.165) is 28.4 Å². The third-order valence-electron chi connectivity index (χ3n) is 3.61. The standard InChI is InChI=1S/C16H15N5O2/c1-3-12(15-14(5-1)22-11-23-15)7-17-8-13-4-2-6-19-16(13)21-10-18-9-20-21/h1-6,9-10,17H,7-8,11H2. The number of nitrogens with zero attached hydrogens (tertiary/aromatic N) is 4. The number of benzene rings is 1. The molecular weight excluding hydrogens is 294 g/mol. The van der Waals surface area contributed by atoms with E-state index in [2.05, 4.69) is 20.4 Å². The molecule has 0 radical (unpaired) electrons. The van der Waals surface area contributed by atoms with E-state index in [1.165, 1.54) is 6.33 Å². The van der Waals surface area contributed by atoms with Crippen LogP contribution in [-0.2, 0) is 13.1 Å². The summed E-state index contributed by atoms with van der Waals surface area (Å²) in [6, 6.07) is 9.84. The van der Waals surface area contributed by atoms with Crippen LogP contribution < -0.4 is 14.8 Å². The van der Waals surface area contributed by atoms with Crippen LogP contribution in [0.2, 0.25) is 0 Å². The Kier molecular flexibility index (Phi) is 3.61. The van der Waals surface area contributed by atoms with Gasteiger partial charge in [0.05, 0.1) is 0 Å². The zero-order chi connectivity index (χ0) is 15.5. The third kappa shape index (κ3) is 2.74. The highest BCUT2D eigenvalue weighted by molar-refractivity contribution is 5.48. The molecule has 1 aromatic carbocycles. The van der Waals surface area contributed by atoms with E-state index < -0.39 is 0 Å². The average Bonchev–Trinajstić information content (AvgIpc) is 3.27. The molecule has 0 amide bonds. The lowest BCUT2D eigenvalue weighted by atomic mass is 10.2. The molecule has 0 saturated carbocycles. The normalized spacial score (nSPS) is 12.5. The Morgan fingerprint density at radius 3 is 2.91 bits per heavy atom. The van der Waals surface area contributed by atoms with E-state index in [-0.39, 0.29) is 6.79 Å². The lowest BCUT2D eigenvalue weighted by molar-refractivity contribution is 0.173. The molecular formula is C16H15N5O2. The van der Waals surface area contributed by atoms with Crippen molar-refractivity contribution in [2.24, 2.45) is 0 Å². The van der Waals surface area contributed by atoms with Gasteiger partial charge < -0.3 is 14.8 Å². The number of hydrogen-bond donors (Lipinski definition) is 1. The lowest BCUT2D eigenvalue weighted by Gasteiger charge is -2.10. The van der Waals surface area contributed by atoms with Gasteiger partial charge in [0.1, 0.15) is 12.7 Å². The van der Waals surface area contributed by atoms with Crippen molar-refractivity contribution in [2.75, 3.05) is 6.79 Å². The van der Waals surface area contributed by atoms with Crippen LogP contribution in [0.25, 0.3) is 5.82 Å². The summed E-state index contributed by atoms with van der Waals surface area (Å²) < 4.78 is 12.6. The third-order valence-corrected chi connectivity index (χ3v) is 3.61. The van der Waals surface area contributed by atoms with Crippen LogP contribution in [0.4, 0.5) is 0 Å². The van der Waals surface area contributed by atoms with Gasteiger partial charge in [0, 0.05) is 30.4 Å². The number of ether oxygens (including phenoxy) is 2. The number of rotatable bonds is 5. The van der Waals surface area contributed by atoms with Crippen LogP contribution >= 0.6 is 0 Å². The summed E-state index contributed by atoms with van der Waals surface area (Å²) in [6.07, 6.45) is 4.88. The van der Waals surface area contributed by atoms with Crippen molar-refractivity contribution in [3.8, 4) is 17.3 Å². The summed E-state index contributed by atoms with van der Waals surface area (Å²) in [5, 5.41) is 7.55. The zero-order valence-electron chi connectivity index (χ0n) is 12.3. The summed E-state index contributed by atoms with van der Waals surface area (Å²) >= 11 is 0. The Morgan fingerprint density at radius 2 is 2.00 bits per heavy atom. The van der Waals surface area contributed by atoms with Crippen LogP contribution in [0.5, 0.6) is 11.5 Å². The Hall–Kier alpha value is -2.93. The van der Waals surface area contributed by atoms with E-state index in [1.807, 2.05) is 30.3 Å². The summed E-state index contributed by atoms with van der Waals surface area (Å²) in [7, 11) is 0. The van der Waals surface area contributed by atoms with E-state index in [1.54, 1.807) is 17.2 Å². The van der Waals surface area contributed by atoms with Gasteiger partial charge in [-0.05, 0) is 12.1 Å². The lowest BCUT2D eigenvalue weighted by Crippen LogP contribution is -2.15. The fourth-order valence-electron chi connectivity index (χ4n) is 2.55. The number of nitrogens with one attached hydrogen (secondary N) is 1. The fraction of sp³-hybridized carbons (Fsp3) is 0.188. The van der Waals surface area contributed by atoms with Crippen LogP contribution in [0.3, 0.4) is 0 Å². The molecule has 0 spiro atoms. The molecule has 0 bridgehead atoms. The molecule has 7 heteroatoms. The molecule has 116 valence electrons. The predicted octanol–water partition coefficient (Wildman–Crippen LogP) is 1.68. The van der Waals surface area contributed by atoms with Crippen molar-refractivity contribution in [1.29, 1.82) is 0 Å². The highest BCUT2D eigenvalue weighted by Crippen LogP contribution is 2.35. The quantitative estimate of drug-likeness (QED) is 0.773. The molecule has 23 heavy (non-hydrogen) atoms. The first-order valence-electron chi connectivity index (χ1n) is 7.29. The van der Waals surface area contributed by atoms with Crippen LogP contribution in [0, 0.1) is 0 Å². The minimum atomic E-state index is 0.283. The Balaban J connectivity index is 1.48. The molecule has 0 aliphatic carbocycles. The summed E-state index contributed by atoms with van der Waals surface area (Å²) in [4.78, 5) is 8.35. The molecule has 4 rings (SSSR count). The molecule has 1 N–H and O–H groups in total. The second-order valence-electron chi connectivity index (χ2n) is 5.08. The summed E-state index contributed by atoms with van der Waals surface area (Å²) in [6.45, 7) is 1.62. The van der Waals surface area contributed by atoms with Gasteiger partial charge in [-0.2, -0.15) is 5.10 Å². The molecule has 3 aromatic rings. The molecule has 0 unspecified atom stereocenters. The zero-order valence-corrected chi connectivity index (χ0v) is 12.3. The van der Waals surface area contributed by atoms with E-state index in [9.17, 15) is 0 Å². The number of aromatic nitrogens is 4. The van der Waals surface area contributed by atoms with E-state index in [4.69, 9.17) is 9.47 Å². The maximum atomic E-state index is 5.52. The number of pyridine rings is 1. The van der Waals surface area contributed by atoms with E-state index >= 15 is 0 Å². The summed E-state index contributed by atoms with van der Waals surface area (Å²) in [5.74, 6) is 2.40. The number of fused-ring (bicyclic) bond motifs is 1. The molecule has 7 nitrogen and oxygen atoms in total. The molecule has 1 aliphatic rings. The minimum absolute atomic E-state index is 0.283. The van der Waals surface area contributed by atoms with Crippen molar-refractivity contribution in [3.05, 3.63) is 60.3 Å². The van der Waals surface area contributed by atoms with Crippen molar-refractivity contribution in [2.45, 2.75) is 13.1 Å². The smallest absolute Gasteiger partial charge is 0.231 e. The second-order valence-corrected chi connectivity index (χ2v) is 5.08. The maximum absolute atomic E-state index is 5.52.